The Kier molecular flexibility index (Phi) is 6.15. The number of benzene rings is 3. The molecule has 0 saturated carbocycles. The molecule has 0 unspecified atom stereocenters. The summed E-state index contributed by atoms with van der Waals surface area (Å²) in [6, 6.07) is 23.4. The number of carbonyl (C=O) groups excluding carboxylic acids is 1. The van der Waals surface area contributed by atoms with Crippen LogP contribution < -0.4 is 10.2 Å². The van der Waals surface area contributed by atoms with Crippen LogP contribution in [0.4, 0.5) is 10.3 Å². The van der Waals surface area contributed by atoms with Gasteiger partial charge in [0.15, 0.2) is 16.0 Å². The maximum absolute atomic E-state index is 13.3. The maximum Gasteiger partial charge on any atom is 0.355 e. The second-order valence-corrected chi connectivity index (χ2v) is 10.9. The molecule has 1 aliphatic heterocycles. The topological polar surface area (TPSA) is 95.4 Å². The molecule has 0 saturated heterocycles. The summed E-state index contributed by atoms with van der Waals surface area (Å²) >= 11 is 2.85. The molecule has 1 aliphatic rings. The van der Waals surface area contributed by atoms with E-state index in [0.29, 0.717) is 35.3 Å². The van der Waals surface area contributed by atoms with Crippen molar-refractivity contribution in [1.29, 1.82) is 0 Å². The van der Waals surface area contributed by atoms with E-state index in [1.807, 2.05) is 72.8 Å². The molecule has 3 heterocycles. The largest absolute Gasteiger partial charge is 0.476 e. The zero-order valence-corrected chi connectivity index (χ0v) is 21.3. The van der Waals surface area contributed by atoms with E-state index in [1.165, 1.54) is 22.7 Å². The zero-order valence-electron chi connectivity index (χ0n) is 19.7. The van der Waals surface area contributed by atoms with E-state index in [2.05, 4.69) is 20.2 Å². The number of nitrogens with zero attached hydrogens (tertiary/aromatic N) is 3. The fourth-order valence-corrected chi connectivity index (χ4v) is 6.56. The molecule has 6 rings (SSSR count). The second-order valence-electron chi connectivity index (χ2n) is 8.79. The molecule has 5 aromatic rings. The first-order valence-corrected chi connectivity index (χ1v) is 13.5. The molecule has 37 heavy (non-hydrogen) atoms. The fourth-order valence-electron chi connectivity index (χ4n) is 4.59. The number of hydrogen-bond acceptors (Lipinski definition) is 7. The van der Waals surface area contributed by atoms with Crippen LogP contribution in [0.1, 0.15) is 42.4 Å². The quantitative estimate of drug-likeness (QED) is 0.288. The molecule has 3 aromatic carbocycles. The minimum absolute atomic E-state index is 0.0940. The third-order valence-corrected chi connectivity index (χ3v) is 8.47. The zero-order chi connectivity index (χ0) is 25.4. The van der Waals surface area contributed by atoms with E-state index >= 15 is 0 Å². The Balaban J connectivity index is 1.27. The highest BCUT2D eigenvalue weighted by atomic mass is 32.1. The number of fused-ring (bicyclic) bond motifs is 2. The van der Waals surface area contributed by atoms with E-state index in [1.54, 1.807) is 0 Å². The van der Waals surface area contributed by atoms with Crippen molar-refractivity contribution >= 4 is 55.0 Å². The standard InChI is InChI=1S/C28H22N4O3S2/c33-25(31-27-29-21-11-4-5-12-22(21)36-27)19-10-6-9-18-13-14-32(16-20(18)19)28-30-24(26(34)35)23(37-28)15-17-7-2-1-3-8-17/h1-12H,13-16H2,(H,34,35)(H,29,31,33). The molecule has 9 heteroatoms. The number of aromatic carboxylic acids is 1. The van der Waals surface area contributed by atoms with Crippen LogP contribution in [0, 0.1) is 0 Å². The first-order chi connectivity index (χ1) is 18.0. The predicted octanol–water partition coefficient (Wildman–Crippen LogP) is 5.86. The Bertz CT molecular complexity index is 1590. The number of carboxylic acids is 1. The number of aromatic nitrogens is 2. The van der Waals surface area contributed by atoms with Crippen molar-refractivity contribution in [1.82, 2.24) is 9.97 Å². The Morgan fingerprint density at radius 3 is 2.57 bits per heavy atom. The number of thiazole rings is 2. The molecule has 7 nitrogen and oxygen atoms in total. The van der Waals surface area contributed by atoms with Crippen LogP contribution in [0.15, 0.2) is 72.8 Å². The molecule has 0 atom stereocenters. The highest BCUT2D eigenvalue weighted by molar-refractivity contribution is 7.22. The van der Waals surface area contributed by atoms with Crippen LogP contribution in [-0.4, -0.2) is 33.5 Å². The lowest BCUT2D eigenvalue weighted by atomic mass is 9.94. The molecule has 184 valence electrons. The van der Waals surface area contributed by atoms with Gasteiger partial charge in [-0.3, -0.25) is 10.1 Å². The van der Waals surface area contributed by atoms with E-state index in [9.17, 15) is 14.7 Å². The second kappa shape index (κ2) is 9.76. The average molecular weight is 527 g/mol. The average Bonchev–Trinajstić information content (AvgIpc) is 3.52. The van der Waals surface area contributed by atoms with Gasteiger partial charge in [-0.05, 0) is 41.3 Å². The summed E-state index contributed by atoms with van der Waals surface area (Å²) in [6.07, 6.45) is 1.26. The van der Waals surface area contributed by atoms with Gasteiger partial charge in [0.2, 0.25) is 0 Å². The molecule has 2 aromatic heterocycles. The van der Waals surface area contributed by atoms with Gasteiger partial charge in [0.1, 0.15) is 0 Å². The predicted molar refractivity (Wildman–Crippen MR) is 147 cm³/mol. The molecule has 2 N–H and O–H groups in total. The molecule has 0 fully saturated rings. The minimum Gasteiger partial charge on any atom is -0.476 e. The third-order valence-electron chi connectivity index (χ3n) is 6.40. The Morgan fingerprint density at radius 2 is 1.76 bits per heavy atom. The van der Waals surface area contributed by atoms with Gasteiger partial charge < -0.3 is 10.0 Å². The lowest BCUT2D eigenvalue weighted by Crippen LogP contribution is -2.32. The van der Waals surface area contributed by atoms with E-state index in [-0.39, 0.29) is 11.6 Å². The van der Waals surface area contributed by atoms with Gasteiger partial charge >= 0.3 is 5.97 Å². The molecular formula is C28H22N4O3S2. The number of carbonyl (C=O) groups is 2. The fraction of sp³-hybridized carbons (Fsp3) is 0.143. The summed E-state index contributed by atoms with van der Waals surface area (Å²) in [4.78, 5) is 37.1. The van der Waals surface area contributed by atoms with Crippen molar-refractivity contribution in [3.63, 3.8) is 0 Å². The Morgan fingerprint density at radius 1 is 0.946 bits per heavy atom. The maximum atomic E-state index is 13.3. The van der Waals surface area contributed by atoms with Gasteiger partial charge in [-0.2, -0.15) is 0 Å². The van der Waals surface area contributed by atoms with Crippen molar-refractivity contribution in [2.24, 2.45) is 0 Å². The highest BCUT2D eigenvalue weighted by Gasteiger charge is 2.26. The van der Waals surface area contributed by atoms with Gasteiger partial charge in [0, 0.05) is 30.0 Å². The Hall–Kier alpha value is -4.08. The monoisotopic (exact) mass is 526 g/mol. The summed E-state index contributed by atoms with van der Waals surface area (Å²) in [5.74, 6) is -1.23. The van der Waals surface area contributed by atoms with Crippen LogP contribution in [-0.2, 0) is 19.4 Å². The van der Waals surface area contributed by atoms with Crippen LogP contribution in [0.25, 0.3) is 10.2 Å². The van der Waals surface area contributed by atoms with Crippen molar-refractivity contribution < 1.29 is 14.7 Å². The summed E-state index contributed by atoms with van der Waals surface area (Å²) in [7, 11) is 0. The smallest absolute Gasteiger partial charge is 0.355 e. The molecule has 0 aliphatic carbocycles. The number of amides is 1. The van der Waals surface area contributed by atoms with E-state index < -0.39 is 5.97 Å². The SMILES string of the molecule is O=C(Nc1nc2ccccc2s1)c1cccc2c1CN(c1nc(C(=O)O)c(Cc3ccccc3)s1)CC2. The van der Waals surface area contributed by atoms with Crippen LogP contribution in [0.3, 0.4) is 0 Å². The van der Waals surface area contributed by atoms with Crippen molar-refractivity contribution in [3.05, 3.63) is 106 Å². The van der Waals surface area contributed by atoms with Gasteiger partial charge in [0.25, 0.3) is 5.91 Å². The summed E-state index contributed by atoms with van der Waals surface area (Å²) < 4.78 is 1.02. The van der Waals surface area contributed by atoms with E-state index in [4.69, 9.17) is 0 Å². The first-order valence-electron chi connectivity index (χ1n) is 11.8. The minimum atomic E-state index is -1.03. The normalized spacial score (nSPS) is 12.9. The number of carboxylic acid groups (broad SMARTS) is 1. The number of anilines is 2. The van der Waals surface area contributed by atoms with Crippen LogP contribution >= 0.6 is 22.7 Å². The van der Waals surface area contributed by atoms with Crippen LogP contribution in [0.2, 0.25) is 0 Å². The van der Waals surface area contributed by atoms with Gasteiger partial charge in [-0.1, -0.05) is 65.9 Å². The number of nitrogens with one attached hydrogen (secondary N) is 1. The summed E-state index contributed by atoms with van der Waals surface area (Å²) in [5.41, 5.74) is 4.64. The van der Waals surface area contributed by atoms with Crippen molar-refractivity contribution in [3.8, 4) is 0 Å². The molecule has 0 spiro atoms. The molecule has 0 bridgehead atoms. The molecular weight excluding hydrogens is 504 g/mol. The Labute approximate surface area is 221 Å². The third kappa shape index (κ3) is 4.71. The highest BCUT2D eigenvalue weighted by Crippen LogP contribution is 2.33. The molecule has 0 radical (unpaired) electrons. The van der Waals surface area contributed by atoms with E-state index in [0.717, 1.165) is 38.2 Å². The lowest BCUT2D eigenvalue weighted by molar-refractivity contribution is 0.0690. The number of para-hydroxylation sites is 1. The van der Waals surface area contributed by atoms with Gasteiger partial charge in [-0.15, -0.1) is 11.3 Å². The van der Waals surface area contributed by atoms with Gasteiger partial charge in [-0.25, -0.2) is 14.8 Å². The number of rotatable bonds is 6. The summed E-state index contributed by atoms with van der Waals surface area (Å²) in [6.45, 7) is 1.18. The molecule has 1 amide bonds. The van der Waals surface area contributed by atoms with Crippen molar-refractivity contribution in [2.45, 2.75) is 19.4 Å². The van der Waals surface area contributed by atoms with Gasteiger partial charge in [0.05, 0.1) is 10.2 Å². The van der Waals surface area contributed by atoms with Crippen LogP contribution in [0.5, 0.6) is 0 Å². The summed E-state index contributed by atoms with van der Waals surface area (Å²) in [5, 5.41) is 14.0. The van der Waals surface area contributed by atoms with Crippen molar-refractivity contribution in [2.75, 3.05) is 16.8 Å². The lowest BCUT2D eigenvalue weighted by Gasteiger charge is -2.29. The number of hydrogen-bond donors (Lipinski definition) is 2. The first kappa shape index (κ1) is 23.3.